The van der Waals surface area contributed by atoms with Crippen LogP contribution < -0.4 is 0 Å². The largest absolute Gasteiger partial charge is 0.371 e. The van der Waals surface area contributed by atoms with Crippen molar-refractivity contribution in [2.75, 3.05) is 19.7 Å². The van der Waals surface area contributed by atoms with Crippen molar-refractivity contribution in [2.24, 2.45) is 0 Å². The molecule has 6 nitrogen and oxygen atoms in total. The van der Waals surface area contributed by atoms with Crippen molar-refractivity contribution < 1.29 is 9.37 Å². The van der Waals surface area contributed by atoms with Gasteiger partial charge in [0, 0.05) is 37.6 Å². The minimum absolute atomic E-state index is 0.0667. The number of rotatable bonds is 3. The van der Waals surface area contributed by atoms with Crippen molar-refractivity contribution in [1.82, 2.24) is 20.2 Å². The van der Waals surface area contributed by atoms with Crippen molar-refractivity contribution in [3.05, 3.63) is 53.9 Å². The average Bonchev–Trinajstić information content (AvgIpc) is 3.06. The lowest BCUT2D eigenvalue weighted by Gasteiger charge is -2.33. The zero-order chi connectivity index (χ0) is 14.8. The summed E-state index contributed by atoms with van der Waals surface area (Å²) in [5, 5.41) is 7.90. The zero-order valence-electron chi connectivity index (χ0n) is 12.1. The number of morpholine rings is 1. The standard InChI is InChI=1S/C16H16N4O2/c1-3-13(16-14(5-1)18-22-19-16)10-20-7-8-21-15(11-20)12-4-2-6-17-9-12/h1-6,9,15H,7-8,10-11H2. The molecule has 2 aromatic heterocycles. The molecule has 1 saturated heterocycles. The first kappa shape index (κ1) is 13.4. The van der Waals surface area contributed by atoms with Gasteiger partial charge in [-0.05, 0) is 28.0 Å². The van der Waals surface area contributed by atoms with Crippen LogP contribution in [0.5, 0.6) is 0 Å². The van der Waals surface area contributed by atoms with Crippen LogP contribution in [0.2, 0.25) is 0 Å². The number of nitrogens with zero attached hydrogens (tertiary/aromatic N) is 4. The smallest absolute Gasteiger partial charge is 0.139 e. The van der Waals surface area contributed by atoms with Gasteiger partial charge < -0.3 is 4.74 Å². The van der Waals surface area contributed by atoms with E-state index >= 15 is 0 Å². The highest BCUT2D eigenvalue weighted by Crippen LogP contribution is 2.24. The second-order valence-electron chi connectivity index (χ2n) is 5.43. The average molecular weight is 296 g/mol. The Morgan fingerprint density at radius 2 is 2.18 bits per heavy atom. The van der Waals surface area contributed by atoms with E-state index in [1.54, 1.807) is 6.20 Å². The van der Waals surface area contributed by atoms with E-state index in [1.165, 1.54) is 0 Å². The van der Waals surface area contributed by atoms with Gasteiger partial charge in [-0.15, -0.1) is 0 Å². The second kappa shape index (κ2) is 5.82. The summed E-state index contributed by atoms with van der Waals surface area (Å²) in [5.74, 6) is 0. The molecule has 0 radical (unpaired) electrons. The van der Waals surface area contributed by atoms with E-state index in [0.29, 0.717) is 6.61 Å². The Bertz CT molecular complexity index is 759. The molecule has 0 aliphatic carbocycles. The van der Waals surface area contributed by atoms with Crippen LogP contribution in [0.1, 0.15) is 17.2 Å². The molecule has 0 amide bonds. The Balaban J connectivity index is 1.52. The third kappa shape index (κ3) is 2.58. The Hall–Kier alpha value is -2.31. The van der Waals surface area contributed by atoms with Crippen LogP contribution in [0.3, 0.4) is 0 Å². The van der Waals surface area contributed by atoms with E-state index < -0.39 is 0 Å². The van der Waals surface area contributed by atoms with Crippen molar-refractivity contribution in [3.8, 4) is 0 Å². The van der Waals surface area contributed by atoms with Gasteiger partial charge in [0.1, 0.15) is 11.0 Å². The lowest BCUT2D eigenvalue weighted by molar-refractivity contribution is -0.0329. The predicted molar refractivity (Wildman–Crippen MR) is 80.0 cm³/mol. The van der Waals surface area contributed by atoms with Gasteiger partial charge in [-0.2, -0.15) is 0 Å². The molecule has 1 fully saturated rings. The Morgan fingerprint density at radius 3 is 3.09 bits per heavy atom. The minimum atomic E-state index is 0.0667. The number of pyridine rings is 1. The summed E-state index contributed by atoms with van der Waals surface area (Å²) in [6, 6.07) is 9.97. The SMILES string of the molecule is c1cncc(C2CN(Cc3cccc4nonc34)CCO2)c1. The van der Waals surface area contributed by atoms with Gasteiger partial charge in [0.15, 0.2) is 0 Å². The van der Waals surface area contributed by atoms with Gasteiger partial charge in [0.2, 0.25) is 0 Å². The molecule has 4 rings (SSSR count). The molecule has 0 bridgehead atoms. The molecule has 3 heterocycles. The van der Waals surface area contributed by atoms with Crippen LogP contribution in [0.4, 0.5) is 0 Å². The Kier molecular flexibility index (Phi) is 3.54. The predicted octanol–water partition coefficient (Wildman–Crippen LogP) is 2.19. The highest BCUT2D eigenvalue weighted by Gasteiger charge is 2.23. The van der Waals surface area contributed by atoms with E-state index in [4.69, 9.17) is 9.37 Å². The molecule has 112 valence electrons. The van der Waals surface area contributed by atoms with Crippen molar-refractivity contribution in [3.63, 3.8) is 0 Å². The van der Waals surface area contributed by atoms with E-state index in [9.17, 15) is 0 Å². The summed E-state index contributed by atoms with van der Waals surface area (Å²) < 4.78 is 10.7. The van der Waals surface area contributed by atoms with Crippen LogP contribution in [0.15, 0.2) is 47.4 Å². The first-order valence-corrected chi connectivity index (χ1v) is 7.34. The maximum absolute atomic E-state index is 5.88. The lowest BCUT2D eigenvalue weighted by atomic mass is 10.1. The van der Waals surface area contributed by atoms with E-state index in [2.05, 4.69) is 32.3 Å². The van der Waals surface area contributed by atoms with E-state index in [-0.39, 0.29) is 6.10 Å². The van der Waals surface area contributed by atoms with E-state index in [0.717, 1.165) is 41.8 Å². The molecule has 22 heavy (non-hydrogen) atoms. The third-order valence-corrected chi connectivity index (χ3v) is 3.97. The molecular formula is C16H16N4O2. The molecule has 0 spiro atoms. The summed E-state index contributed by atoms with van der Waals surface area (Å²) in [6.07, 6.45) is 3.72. The van der Waals surface area contributed by atoms with Crippen molar-refractivity contribution in [2.45, 2.75) is 12.6 Å². The highest BCUT2D eigenvalue weighted by molar-refractivity contribution is 5.76. The third-order valence-electron chi connectivity index (χ3n) is 3.97. The van der Waals surface area contributed by atoms with Crippen LogP contribution in [0.25, 0.3) is 11.0 Å². The van der Waals surface area contributed by atoms with Gasteiger partial charge in [-0.25, -0.2) is 4.63 Å². The quantitative estimate of drug-likeness (QED) is 0.738. The fourth-order valence-electron chi connectivity index (χ4n) is 2.84. The molecule has 1 aromatic carbocycles. The van der Waals surface area contributed by atoms with Crippen molar-refractivity contribution in [1.29, 1.82) is 0 Å². The molecule has 0 saturated carbocycles. The topological polar surface area (TPSA) is 64.3 Å². The van der Waals surface area contributed by atoms with Gasteiger partial charge in [-0.3, -0.25) is 9.88 Å². The summed E-state index contributed by atoms with van der Waals surface area (Å²) in [6.45, 7) is 3.27. The lowest BCUT2D eigenvalue weighted by Crippen LogP contribution is -2.37. The summed E-state index contributed by atoms with van der Waals surface area (Å²) in [5.41, 5.74) is 3.89. The molecule has 0 N–H and O–H groups in total. The van der Waals surface area contributed by atoms with E-state index in [1.807, 2.05) is 24.4 Å². The van der Waals surface area contributed by atoms with Crippen LogP contribution >= 0.6 is 0 Å². The summed E-state index contributed by atoms with van der Waals surface area (Å²) in [4.78, 5) is 6.54. The molecular weight excluding hydrogens is 280 g/mol. The van der Waals surface area contributed by atoms with Gasteiger partial charge in [0.05, 0.1) is 12.7 Å². The summed E-state index contributed by atoms with van der Waals surface area (Å²) >= 11 is 0. The first-order valence-electron chi connectivity index (χ1n) is 7.34. The van der Waals surface area contributed by atoms with Gasteiger partial charge in [0.25, 0.3) is 0 Å². The second-order valence-corrected chi connectivity index (χ2v) is 5.43. The first-order chi connectivity index (χ1) is 10.9. The maximum Gasteiger partial charge on any atom is 0.139 e. The molecule has 3 aromatic rings. The monoisotopic (exact) mass is 296 g/mol. The molecule has 1 aliphatic rings. The fraction of sp³-hybridized carbons (Fsp3) is 0.312. The van der Waals surface area contributed by atoms with Crippen molar-refractivity contribution >= 4 is 11.0 Å². The highest BCUT2D eigenvalue weighted by atomic mass is 16.6. The molecule has 1 aliphatic heterocycles. The fourth-order valence-corrected chi connectivity index (χ4v) is 2.84. The number of ether oxygens (including phenoxy) is 1. The van der Waals surface area contributed by atoms with Crippen LogP contribution in [-0.4, -0.2) is 39.9 Å². The Labute approximate surface area is 127 Å². The van der Waals surface area contributed by atoms with Gasteiger partial charge >= 0.3 is 0 Å². The number of hydrogen-bond donors (Lipinski definition) is 0. The zero-order valence-corrected chi connectivity index (χ0v) is 12.1. The molecule has 1 unspecified atom stereocenters. The number of aromatic nitrogens is 3. The summed E-state index contributed by atoms with van der Waals surface area (Å²) in [7, 11) is 0. The Morgan fingerprint density at radius 1 is 1.18 bits per heavy atom. The molecule has 6 heteroatoms. The van der Waals surface area contributed by atoms with Crippen LogP contribution in [-0.2, 0) is 11.3 Å². The van der Waals surface area contributed by atoms with Crippen LogP contribution in [0, 0.1) is 0 Å². The molecule has 1 atom stereocenters. The number of hydrogen-bond acceptors (Lipinski definition) is 6. The number of benzene rings is 1. The number of fused-ring (bicyclic) bond motifs is 1. The maximum atomic E-state index is 5.88. The normalized spacial score (nSPS) is 19.5. The van der Waals surface area contributed by atoms with Gasteiger partial charge in [-0.1, -0.05) is 18.2 Å². The minimum Gasteiger partial charge on any atom is -0.371 e.